The second-order valence-corrected chi connectivity index (χ2v) is 6.03. The van der Waals surface area contributed by atoms with E-state index in [1.54, 1.807) is 11.3 Å². The Hall–Kier alpha value is -1.72. The average Bonchev–Trinajstić information content (AvgIpc) is 3.00. The van der Waals surface area contributed by atoms with E-state index in [-0.39, 0.29) is 11.9 Å². The summed E-state index contributed by atoms with van der Waals surface area (Å²) >= 11 is 1.70. The fourth-order valence-corrected chi connectivity index (χ4v) is 2.76. The lowest BCUT2D eigenvalue weighted by Gasteiger charge is -2.11. The monoisotopic (exact) mass is 303 g/mol. The van der Waals surface area contributed by atoms with E-state index in [0.29, 0.717) is 13.1 Å². The molecule has 1 unspecified atom stereocenters. The van der Waals surface area contributed by atoms with E-state index in [0.717, 1.165) is 17.0 Å². The van der Waals surface area contributed by atoms with E-state index in [1.165, 1.54) is 4.88 Å². The number of amides is 1. The number of thiazole rings is 1. The Morgan fingerprint density at radius 2 is 2.10 bits per heavy atom. The van der Waals surface area contributed by atoms with Crippen LogP contribution < -0.4 is 10.6 Å². The lowest BCUT2D eigenvalue weighted by molar-refractivity contribution is -0.120. The van der Waals surface area contributed by atoms with E-state index >= 15 is 0 Å². The van der Waals surface area contributed by atoms with Crippen molar-refractivity contribution in [3.63, 3.8) is 0 Å². The van der Waals surface area contributed by atoms with Gasteiger partial charge in [0.15, 0.2) is 0 Å². The highest BCUT2D eigenvalue weighted by Crippen LogP contribution is 2.19. The Kier molecular flexibility index (Phi) is 5.90. The third kappa shape index (κ3) is 4.95. The lowest BCUT2D eigenvalue weighted by Crippen LogP contribution is -2.34. The van der Waals surface area contributed by atoms with Gasteiger partial charge in [-0.1, -0.05) is 37.3 Å². The van der Waals surface area contributed by atoms with Crippen LogP contribution in [-0.2, 0) is 17.8 Å². The molecule has 0 saturated heterocycles. The molecule has 112 valence electrons. The summed E-state index contributed by atoms with van der Waals surface area (Å²) in [4.78, 5) is 17.5. The Morgan fingerprint density at radius 3 is 2.76 bits per heavy atom. The Labute approximate surface area is 129 Å². The van der Waals surface area contributed by atoms with E-state index in [2.05, 4.69) is 22.5 Å². The number of hydrogen-bond donors (Lipinski definition) is 2. The zero-order chi connectivity index (χ0) is 15.1. The number of carbonyl (C=O) groups excluding carboxylic acids is 1. The average molecular weight is 303 g/mol. The van der Waals surface area contributed by atoms with Crippen molar-refractivity contribution >= 4 is 17.2 Å². The minimum Gasteiger partial charge on any atom is -0.351 e. The number of aryl methyl sites for hydroxylation is 1. The van der Waals surface area contributed by atoms with Gasteiger partial charge in [0.1, 0.15) is 5.01 Å². The maximum Gasteiger partial charge on any atom is 0.234 e. The number of carbonyl (C=O) groups is 1. The molecule has 1 aromatic heterocycles. The van der Waals surface area contributed by atoms with Crippen LogP contribution in [0, 0.1) is 0 Å². The van der Waals surface area contributed by atoms with E-state index in [1.807, 2.05) is 43.5 Å². The summed E-state index contributed by atoms with van der Waals surface area (Å²) in [7, 11) is 0. The molecule has 1 aromatic carbocycles. The van der Waals surface area contributed by atoms with Crippen LogP contribution in [0.5, 0.6) is 0 Å². The lowest BCUT2D eigenvalue weighted by atomic mass is 10.2. The van der Waals surface area contributed by atoms with Gasteiger partial charge in [0.2, 0.25) is 5.91 Å². The minimum absolute atomic E-state index is 0.00188. The van der Waals surface area contributed by atoms with E-state index < -0.39 is 0 Å². The maximum atomic E-state index is 11.8. The summed E-state index contributed by atoms with van der Waals surface area (Å²) in [5.41, 5.74) is 1.10. The molecule has 1 amide bonds. The molecule has 0 saturated carbocycles. The van der Waals surface area contributed by atoms with Crippen molar-refractivity contribution in [1.29, 1.82) is 0 Å². The summed E-state index contributed by atoms with van der Waals surface area (Å²) in [6.45, 7) is 5.01. The van der Waals surface area contributed by atoms with Gasteiger partial charge in [-0.3, -0.25) is 10.1 Å². The molecular formula is C16H21N3OS. The van der Waals surface area contributed by atoms with Crippen molar-refractivity contribution < 1.29 is 4.79 Å². The fourth-order valence-electron chi connectivity index (χ4n) is 1.88. The van der Waals surface area contributed by atoms with Crippen LogP contribution in [0.15, 0.2) is 36.5 Å². The Balaban J connectivity index is 1.73. The molecule has 0 aliphatic carbocycles. The SMILES string of the molecule is CCc1cnc(C(C)NCC(=O)NCc2ccccc2)s1. The molecule has 0 radical (unpaired) electrons. The van der Waals surface area contributed by atoms with Gasteiger partial charge in [-0.15, -0.1) is 11.3 Å². The van der Waals surface area contributed by atoms with Crippen molar-refractivity contribution in [2.75, 3.05) is 6.54 Å². The molecule has 2 aromatic rings. The van der Waals surface area contributed by atoms with Crippen LogP contribution in [0.1, 0.15) is 35.3 Å². The number of benzene rings is 1. The van der Waals surface area contributed by atoms with Gasteiger partial charge in [0.05, 0.1) is 12.6 Å². The van der Waals surface area contributed by atoms with Gasteiger partial charge in [-0.05, 0) is 18.9 Å². The van der Waals surface area contributed by atoms with Crippen molar-refractivity contribution in [3.8, 4) is 0 Å². The number of nitrogens with one attached hydrogen (secondary N) is 2. The molecule has 0 bridgehead atoms. The van der Waals surface area contributed by atoms with E-state index in [9.17, 15) is 4.79 Å². The molecule has 2 rings (SSSR count). The molecule has 4 nitrogen and oxygen atoms in total. The molecule has 0 spiro atoms. The second-order valence-electron chi connectivity index (χ2n) is 4.88. The highest BCUT2D eigenvalue weighted by atomic mass is 32.1. The van der Waals surface area contributed by atoms with Crippen molar-refractivity contribution in [3.05, 3.63) is 52.0 Å². The van der Waals surface area contributed by atoms with Crippen LogP contribution in [0.3, 0.4) is 0 Å². The predicted molar refractivity (Wildman–Crippen MR) is 86.2 cm³/mol. The molecule has 0 aliphatic heterocycles. The van der Waals surface area contributed by atoms with Gasteiger partial charge in [-0.25, -0.2) is 4.98 Å². The number of rotatable bonds is 7. The summed E-state index contributed by atoms with van der Waals surface area (Å²) < 4.78 is 0. The topological polar surface area (TPSA) is 54.0 Å². The normalized spacial score (nSPS) is 12.1. The van der Waals surface area contributed by atoms with Crippen LogP contribution >= 0.6 is 11.3 Å². The quantitative estimate of drug-likeness (QED) is 0.827. The Morgan fingerprint density at radius 1 is 1.33 bits per heavy atom. The zero-order valence-electron chi connectivity index (χ0n) is 12.4. The van der Waals surface area contributed by atoms with Crippen LogP contribution in [0.4, 0.5) is 0 Å². The second kappa shape index (κ2) is 7.90. The zero-order valence-corrected chi connectivity index (χ0v) is 13.2. The first-order chi connectivity index (χ1) is 10.2. The maximum absolute atomic E-state index is 11.8. The van der Waals surface area contributed by atoms with Crippen molar-refractivity contribution in [1.82, 2.24) is 15.6 Å². The predicted octanol–water partition coefficient (Wildman–Crippen LogP) is 2.67. The summed E-state index contributed by atoms with van der Waals surface area (Å²) in [5, 5.41) is 7.14. The van der Waals surface area contributed by atoms with Gasteiger partial charge in [0.25, 0.3) is 0 Å². The number of aromatic nitrogens is 1. The largest absolute Gasteiger partial charge is 0.351 e. The molecule has 21 heavy (non-hydrogen) atoms. The highest BCUT2D eigenvalue weighted by Gasteiger charge is 2.11. The molecule has 2 N–H and O–H groups in total. The van der Waals surface area contributed by atoms with Crippen LogP contribution in [0.25, 0.3) is 0 Å². The number of nitrogens with zero attached hydrogens (tertiary/aromatic N) is 1. The first-order valence-corrected chi connectivity index (χ1v) is 7.99. The van der Waals surface area contributed by atoms with Gasteiger partial charge >= 0.3 is 0 Å². The Bertz CT molecular complexity index is 568. The standard InChI is InChI=1S/C16H21N3OS/c1-3-14-10-19-16(21-14)12(2)17-11-15(20)18-9-13-7-5-4-6-8-13/h4-8,10,12,17H,3,9,11H2,1-2H3,(H,18,20). The molecule has 1 heterocycles. The first-order valence-electron chi connectivity index (χ1n) is 7.17. The highest BCUT2D eigenvalue weighted by molar-refractivity contribution is 7.11. The summed E-state index contributed by atoms with van der Waals surface area (Å²) in [6.07, 6.45) is 2.91. The summed E-state index contributed by atoms with van der Waals surface area (Å²) in [6, 6.07) is 9.99. The van der Waals surface area contributed by atoms with Crippen LogP contribution in [0.2, 0.25) is 0 Å². The smallest absolute Gasteiger partial charge is 0.234 e. The van der Waals surface area contributed by atoms with E-state index in [4.69, 9.17) is 0 Å². The molecule has 0 fully saturated rings. The molecule has 5 heteroatoms. The molecular weight excluding hydrogens is 282 g/mol. The fraction of sp³-hybridized carbons (Fsp3) is 0.375. The van der Waals surface area contributed by atoms with Crippen molar-refractivity contribution in [2.24, 2.45) is 0 Å². The molecule has 1 atom stereocenters. The van der Waals surface area contributed by atoms with Crippen molar-refractivity contribution in [2.45, 2.75) is 32.9 Å². The third-order valence-corrected chi connectivity index (χ3v) is 4.52. The first kappa shape index (κ1) is 15.7. The van der Waals surface area contributed by atoms with Gasteiger partial charge in [-0.2, -0.15) is 0 Å². The summed E-state index contributed by atoms with van der Waals surface area (Å²) in [5.74, 6) is -0.00188. The number of hydrogen-bond acceptors (Lipinski definition) is 4. The van der Waals surface area contributed by atoms with Gasteiger partial charge in [0, 0.05) is 17.6 Å². The van der Waals surface area contributed by atoms with Gasteiger partial charge < -0.3 is 5.32 Å². The third-order valence-electron chi connectivity index (χ3n) is 3.19. The van der Waals surface area contributed by atoms with Crippen LogP contribution in [-0.4, -0.2) is 17.4 Å². The molecule has 0 aliphatic rings. The minimum atomic E-state index is -0.00188.